The highest BCUT2D eigenvalue weighted by molar-refractivity contribution is 5.94. The number of carboxylic acids is 1. The van der Waals surface area contributed by atoms with E-state index in [0.717, 1.165) is 31.2 Å². The molecule has 5 nitrogen and oxygen atoms in total. The van der Waals surface area contributed by atoms with Crippen molar-refractivity contribution in [1.82, 2.24) is 4.90 Å². The first kappa shape index (κ1) is 13.9. The van der Waals surface area contributed by atoms with E-state index in [1.165, 1.54) is 0 Å². The molecule has 21 heavy (non-hydrogen) atoms. The van der Waals surface area contributed by atoms with Gasteiger partial charge in [0.25, 0.3) is 0 Å². The molecule has 1 aromatic rings. The molecule has 1 aliphatic carbocycles. The monoisotopic (exact) mass is 288 g/mol. The Morgan fingerprint density at radius 3 is 2.43 bits per heavy atom. The first-order valence-corrected chi connectivity index (χ1v) is 7.44. The number of amides is 1. The molecule has 0 radical (unpaired) electrons. The average molecular weight is 288 g/mol. The number of carbonyl (C=O) groups excluding carboxylic acids is 1. The maximum absolute atomic E-state index is 12.9. The topological polar surface area (TPSA) is 83.6 Å². The first-order valence-electron chi connectivity index (χ1n) is 7.44. The molecule has 1 atom stereocenters. The van der Waals surface area contributed by atoms with Gasteiger partial charge in [-0.15, -0.1) is 0 Å². The van der Waals surface area contributed by atoms with Crippen LogP contribution in [0.1, 0.15) is 37.7 Å². The number of likely N-dealkylation sites (tertiary alicyclic amines) is 1. The summed E-state index contributed by atoms with van der Waals surface area (Å²) in [7, 11) is 0. The lowest BCUT2D eigenvalue weighted by atomic mass is 9.91. The van der Waals surface area contributed by atoms with Crippen molar-refractivity contribution < 1.29 is 14.7 Å². The Hall–Kier alpha value is -2.04. The molecule has 0 bridgehead atoms. The van der Waals surface area contributed by atoms with Crippen LogP contribution in [0.5, 0.6) is 0 Å². The predicted octanol–water partition coefficient (Wildman–Crippen LogP) is 1.77. The van der Waals surface area contributed by atoms with Gasteiger partial charge in [-0.25, -0.2) is 4.79 Å². The number of piperidine rings is 1. The second-order valence-electron chi connectivity index (χ2n) is 6.05. The zero-order valence-electron chi connectivity index (χ0n) is 11.9. The molecule has 1 amide bonds. The minimum Gasteiger partial charge on any atom is -0.480 e. The minimum absolute atomic E-state index is 0.0284. The van der Waals surface area contributed by atoms with Crippen LogP contribution >= 0.6 is 0 Å². The van der Waals surface area contributed by atoms with Crippen molar-refractivity contribution in [2.24, 2.45) is 0 Å². The molecule has 1 heterocycles. The molecule has 112 valence electrons. The van der Waals surface area contributed by atoms with Crippen LogP contribution in [0.25, 0.3) is 0 Å². The molecule has 2 aliphatic rings. The molecular formula is C16H20N2O3. The van der Waals surface area contributed by atoms with Crippen LogP contribution in [-0.2, 0) is 15.0 Å². The van der Waals surface area contributed by atoms with Gasteiger partial charge in [0.2, 0.25) is 5.91 Å². The van der Waals surface area contributed by atoms with Crippen LogP contribution in [0.15, 0.2) is 24.3 Å². The number of nitrogen functional groups attached to an aromatic ring is 1. The van der Waals surface area contributed by atoms with Crippen LogP contribution in [0, 0.1) is 0 Å². The summed E-state index contributed by atoms with van der Waals surface area (Å²) in [6.45, 7) is 0.548. The van der Waals surface area contributed by atoms with Crippen molar-refractivity contribution in [3.8, 4) is 0 Å². The number of benzene rings is 1. The third-order valence-corrected chi connectivity index (χ3v) is 4.67. The number of carbonyl (C=O) groups is 2. The van der Waals surface area contributed by atoms with Gasteiger partial charge in [-0.1, -0.05) is 12.1 Å². The molecule has 0 unspecified atom stereocenters. The Morgan fingerprint density at radius 2 is 1.86 bits per heavy atom. The number of rotatable bonds is 3. The van der Waals surface area contributed by atoms with Crippen molar-refractivity contribution >= 4 is 17.6 Å². The second-order valence-corrected chi connectivity index (χ2v) is 6.05. The number of hydrogen-bond donors (Lipinski definition) is 2. The quantitative estimate of drug-likeness (QED) is 0.830. The van der Waals surface area contributed by atoms with E-state index in [1.807, 2.05) is 12.1 Å². The standard InChI is InChI=1S/C16H20N2O3/c17-12-6-4-11(5-7-12)16(8-9-16)15(21)18-10-2-1-3-13(18)14(19)20/h4-7,13H,1-3,8-10,17H2,(H,19,20)/t13-/m0/s1. The summed E-state index contributed by atoms with van der Waals surface area (Å²) in [5.74, 6) is -0.921. The van der Waals surface area contributed by atoms with Crippen molar-refractivity contribution in [3.05, 3.63) is 29.8 Å². The molecule has 1 aromatic carbocycles. The lowest BCUT2D eigenvalue weighted by molar-refractivity contribution is -0.153. The zero-order valence-corrected chi connectivity index (χ0v) is 11.9. The van der Waals surface area contributed by atoms with Gasteiger partial charge in [-0.05, 0) is 49.8 Å². The highest BCUT2D eigenvalue weighted by Gasteiger charge is 2.54. The van der Waals surface area contributed by atoms with Crippen LogP contribution in [-0.4, -0.2) is 34.5 Å². The summed E-state index contributed by atoms with van der Waals surface area (Å²) in [6, 6.07) is 6.71. The molecule has 2 fully saturated rings. The Balaban J connectivity index is 1.86. The Kier molecular flexibility index (Phi) is 3.35. The molecule has 5 heteroatoms. The molecule has 1 saturated carbocycles. The number of hydrogen-bond acceptors (Lipinski definition) is 3. The Morgan fingerprint density at radius 1 is 1.19 bits per heavy atom. The molecule has 1 aliphatic heterocycles. The van der Waals surface area contributed by atoms with Crippen molar-refractivity contribution in [1.29, 1.82) is 0 Å². The van der Waals surface area contributed by atoms with Crippen molar-refractivity contribution in [2.45, 2.75) is 43.6 Å². The van der Waals surface area contributed by atoms with E-state index in [2.05, 4.69) is 0 Å². The fraction of sp³-hybridized carbons (Fsp3) is 0.500. The largest absolute Gasteiger partial charge is 0.480 e. The van der Waals surface area contributed by atoms with Gasteiger partial charge in [0.1, 0.15) is 6.04 Å². The lowest BCUT2D eigenvalue weighted by Gasteiger charge is -2.35. The number of carboxylic acid groups (broad SMARTS) is 1. The van der Waals surface area contributed by atoms with E-state index < -0.39 is 17.4 Å². The number of anilines is 1. The normalized spacial score (nSPS) is 23.6. The molecule has 0 aromatic heterocycles. The van der Waals surface area contributed by atoms with Crippen molar-refractivity contribution in [3.63, 3.8) is 0 Å². The highest BCUT2D eigenvalue weighted by Crippen LogP contribution is 2.50. The summed E-state index contributed by atoms with van der Waals surface area (Å²) in [5, 5.41) is 9.34. The van der Waals surface area contributed by atoms with Crippen LogP contribution in [0.3, 0.4) is 0 Å². The van der Waals surface area contributed by atoms with Gasteiger partial charge in [0.05, 0.1) is 5.41 Å². The number of aliphatic carboxylic acids is 1. The third-order valence-electron chi connectivity index (χ3n) is 4.67. The SMILES string of the molecule is Nc1ccc(C2(C(=O)N3CCCC[C@H]3C(=O)O)CC2)cc1. The molecule has 3 N–H and O–H groups in total. The first-order chi connectivity index (χ1) is 10.0. The van der Waals surface area contributed by atoms with Crippen molar-refractivity contribution in [2.75, 3.05) is 12.3 Å². The van der Waals surface area contributed by atoms with E-state index in [0.29, 0.717) is 18.7 Å². The number of nitrogens with zero attached hydrogens (tertiary/aromatic N) is 1. The number of nitrogens with two attached hydrogens (primary N) is 1. The zero-order chi connectivity index (χ0) is 15.0. The van der Waals surface area contributed by atoms with Crippen LogP contribution < -0.4 is 5.73 Å². The van der Waals surface area contributed by atoms with Crippen LogP contribution in [0.4, 0.5) is 5.69 Å². The van der Waals surface area contributed by atoms with Gasteiger partial charge in [0, 0.05) is 12.2 Å². The second kappa shape index (κ2) is 5.06. The fourth-order valence-corrected chi connectivity index (χ4v) is 3.26. The van der Waals surface area contributed by atoms with E-state index >= 15 is 0 Å². The summed E-state index contributed by atoms with van der Waals surface area (Å²) in [6.07, 6.45) is 3.89. The third kappa shape index (κ3) is 2.37. The maximum Gasteiger partial charge on any atom is 0.326 e. The highest BCUT2D eigenvalue weighted by atomic mass is 16.4. The van der Waals surface area contributed by atoms with Gasteiger partial charge in [0.15, 0.2) is 0 Å². The minimum atomic E-state index is -0.892. The van der Waals surface area contributed by atoms with E-state index in [1.54, 1.807) is 17.0 Å². The van der Waals surface area contributed by atoms with Gasteiger partial charge in [-0.2, -0.15) is 0 Å². The molecule has 0 spiro atoms. The predicted molar refractivity (Wildman–Crippen MR) is 78.8 cm³/mol. The summed E-state index contributed by atoms with van der Waals surface area (Å²) in [5.41, 5.74) is 6.81. The van der Waals surface area contributed by atoms with E-state index in [4.69, 9.17) is 5.73 Å². The Bertz CT molecular complexity index is 563. The molecule has 3 rings (SSSR count). The smallest absolute Gasteiger partial charge is 0.326 e. The van der Waals surface area contributed by atoms with Gasteiger partial charge < -0.3 is 15.7 Å². The molecular weight excluding hydrogens is 268 g/mol. The maximum atomic E-state index is 12.9. The summed E-state index contributed by atoms with van der Waals surface area (Å²) >= 11 is 0. The fourth-order valence-electron chi connectivity index (χ4n) is 3.26. The van der Waals surface area contributed by atoms with Gasteiger partial charge >= 0.3 is 5.97 Å². The summed E-state index contributed by atoms with van der Waals surface area (Å²) < 4.78 is 0. The molecule has 1 saturated heterocycles. The Labute approximate surface area is 123 Å². The van der Waals surface area contributed by atoms with E-state index in [-0.39, 0.29) is 5.91 Å². The lowest BCUT2D eigenvalue weighted by Crippen LogP contribution is -2.51. The average Bonchev–Trinajstić information content (AvgIpc) is 3.29. The summed E-state index contributed by atoms with van der Waals surface area (Å²) in [4.78, 5) is 25.9. The van der Waals surface area contributed by atoms with Gasteiger partial charge in [-0.3, -0.25) is 4.79 Å². The van der Waals surface area contributed by atoms with Crippen LogP contribution in [0.2, 0.25) is 0 Å². The van der Waals surface area contributed by atoms with E-state index in [9.17, 15) is 14.7 Å².